The summed E-state index contributed by atoms with van der Waals surface area (Å²) in [5, 5.41) is 247. The van der Waals surface area contributed by atoms with Crippen molar-refractivity contribution in [3.63, 3.8) is 0 Å². The molecule has 12 aromatic carbocycles. The molecule has 0 radical (unpaired) electrons. The maximum absolute atomic E-state index is 12.2. The van der Waals surface area contributed by atoms with Gasteiger partial charge in [-0.2, -0.15) is 0 Å². The summed E-state index contributed by atoms with van der Waals surface area (Å²) in [4.78, 5) is 0. The second-order valence-corrected chi connectivity index (χ2v) is 18.8. The normalized spacial score (nSPS) is 11.8. The number of hydrogen-bond donors (Lipinski definition) is 22. The molecule has 0 saturated carbocycles. The Labute approximate surface area is 442 Å². The van der Waals surface area contributed by atoms with Gasteiger partial charge in [-0.25, -0.2) is 0 Å². The molecule has 12 rings (SSSR count). The Balaban J connectivity index is 1.21. The first-order chi connectivity index (χ1) is 37.9. The Morgan fingerprint density at radius 1 is 0.175 bits per heavy atom. The van der Waals surface area contributed by atoms with Gasteiger partial charge in [-0.05, 0) is 77.5 Å². The Bertz CT molecular complexity index is 4570. The largest absolute Gasteiger partial charge is 0.504 e. The van der Waals surface area contributed by atoms with E-state index in [9.17, 15) is 112 Å². The fourth-order valence-electron chi connectivity index (χ4n) is 11.1. The highest BCUT2D eigenvalue weighted by Crippen LogP contribution is 2.67. The van der Waals surface area contributed by atoms with E-state index < -0.39 is 193 Å². The van der Waals surface area contributed by atoms with Crippen LogP contribution in [0.25, 0.3) is 120 Å². The fraction of sp³-hybridized carbons (Fsp3) is 0. The second kappa shape index (κ2) is 16.3. The molecule has 0 fully saturated rings. The van der Waals surface area contributed by atoms with E-state index in [0.29, 0.717) is 21.7 Å². The van der Waals surface area contributed by atoms with Crippen LogP contribution >= 0.6 is 0 Å². The molecule has 400 valence electrons. The number of phenols is 22. The molecule has 0 aliphatic carbocycles. The average molecular weight is 1080 g/mol. The van der Waals surface area contributed by atoms with Gasteiger partial charge in [0.05, 0.1) is 33.0 Å². The predicted molar refractivity (Wildman–Crippen MR) is 286 cm³/mol. The van der Waals surface area contributed by atoms with Crippen LogP contribution in [0.4, 0.5) is 0 Å². The van der Waals surface area contributed by atoms with E-state index in [-0.39, 0.29) is 16.2 Å². The predicted octanol–water partition coefficient (Wildman–Crippen LogP) is 9.90. The maximum atomic E-state index is 12.2. The topological polar surface area (TPSA) is 445 Å². The number of benzene rings is 12. The first-order valence-corrected chi connectivity index (χ1v) is 23.3. The monoisotopic (exact) mass is 1080 g/mol. The maximum Gasteiger partial charge on any atom is 0.205 e. The minimum atomic E-state index is -1.51. The van der Waals surface area contributed by atoms with Gasteiger partial charge in [-0.3, -0.25) is 0 Å². The van der Waals surface area contributed by atoms with Gasteiger partial charge in [-0.15, -0.1) is 0 Å². The molecule has 0 saturated heterocycles. The summed E-state index contributed by atoms with van der Waals surface area (Å²) < 4.78 is 0. The molecule has 22 nitrogen and oxygen atoms in total. The molecule has 0 atom stereocenters. The summed E-state index contributed by atoms with van der Waals surface area (Å²) in [5.41, 5.74) is -6.05. The van der Waals surface area contributed by atoms with E-state index in [1.807, 2.05) is 48.5 Å². The van der Waals surface area contributed by atoms with Crippen LogP contribution in [-0.2, 0) is 0 Å². The molecule has 0 aromatic heterocycles. The van der Waals surface area contributed by atoms with Crippen LogP contribution in [0.5, 0.6) is 126 Å². The Morgan fingerprint density at radius 3 is 0.912 bits per heavy atom. The van der Waals surface area contributed by atoms with Crippen LogP contribution in [0.1, 0.15) is 0 Å². The summed E-state index contributed by atoms with van der Waals surface area (Å²) in [6, 6.07) is 24.1. The molecular weight excluding hydrogens is 1050 g/mol. The summed E-state index contributed by atoms with van der Waals surface area (Å²) >= 11 is 0. The van der Waals surface area contributed by atoms with Crippen molar-refractivity contribution < 1.29 is 112 Å². The van der Waals surface area contributed by atoms with Crippen molar-refractivity contribution in [1.29, 1.82) is 0 Å². The third-order valence-electron chi connectivity index (χ3n) is 14.8. The van der Waals surface area contributed by atoms with Crippen molar-refractivity contribution in [3.05, 3.63) is 84.9 Å². The van der Waals surface area contributed by atoms with Crippen molar-refractivity contribution in [2.75, 3.05) is 0 Å². The van der Waals surface area contributed by atoms with E-state index in [4.69, 9.17) is 0 Å². The fourth-order valence-corrected chi connectivity index (χ4v) is 11.1. The minimum Gasteiger partial charge on any atom is -0.504 e. The highest BCUT2D eigenvalue weighted by molar-refractivity contribution is 6.31. The van der Waals surface area contributed by atoms with E-state index in [2.05, 4.69) is 0 Å². The Kier molecular flexibility index (Phi) is 9.97. The van der Waals surface area contributed by atoms with Gasteiger partial charge < -0.3 is 112 Å². The minimum absolute atomic E-state index is 0.0477. The van der Waals surface area contributed by atoms with E-state index in [0.717, 1.165) is 22.4 Å². The lowest BCUT2D eigenvalue weighted by Crippen LogP contribution is -1.96. The van der Waals surface area contributed by atoms with Crippen LogP contribution in [0, 0.1) is 0 Å². The zero-order chi connectivity index (χ0) is 57.3. The third-order valence-corrected chi connectivity index (χ3v) is 14.8. The third kappa shape index (κ3) is 6.05. The molecule has 0 amide bonds. The Hall–Kier alpha value is -11.9. The van der Waals surface area contributed by atoms with Crippen LogP contribution in [0.15, 0.2) is 84.9 Å². The molecule has 12 aromatic rings. The smallest absolute Gasteiger partial charge is 0.205 e. The van der Waals surface area contributed by atoms with Crippen molar-refractivity contribution in [3.8, 4) is 182 Å². The van der Waals surface area contributed by atoms with Gasteiger partial charge in [0.15, 0.2) is 92.0 Å². The van der Waals surface area contributed by atoms with Gasteiger partial charge >= 0.3 is 0 Å². The summed E-state index contributed by atoms with van der Waals surface area (Å²) in [5.74, 6) is -31.9. The highest BCUT2D eigenvalue weighted by Gasteiger charge is 2.38. The molecule has 0 bridgehead atoms. The highest BCUT2D eigenvalue weighted by atomic mass is 16.4. The number of aromatic hydroxyl groups is 22. The quantitative estimate of drug-likeness (QED) is 0.0433. The molecule has 22 heteroatoms. The molecule has 80 heavy (non-hydrogen) atoms. The number of rotatable bonds is 5. The SMILES string of the molecule is Oc1c(O)c(-c2c(O)c(O)c(O)c3c(O)c(O)c(O)c(O)c23)c(O)c(O)c1-c1cc(-c2c(O)c(O)c(-c3c(O)c(O)c(O)c4c(O)c(O)c(O)c(O)c34)c(O)c2O)c2ccc3c(-c4ccc5ccccc5c4)ccc4ccc1c2c43. The lowest BCUT2D eigenvalue weighted by molar-refractivity contribution is 0.346. The molecule has 0 aliphatic rings. The number of phenolic OH excluding ortho intramolecular Hbond substituents is 22. The van der Waals surface area contributed by atoms with Crippen LogP contribution in [0.2, 0.25) is 0 Å². The van der Waals surface area contributed by atoms with Gasteiger partial charge in [-0.1, -0.05) is 72.8 Å². The van der Waals surface area contributed by atoms with Crippen molar-refractivity contribution >= 4 is 64.6 Å². The van der Waals surface area contributed by atoms with Crippen molar-refractivity contribution in [1.82, 2.24) is 0 Å². The lowest BCUT2D eigenvalue weighted by Gasteiger charge is -2.24. The average Bonchev–Trinajstić information content (AvgIpc) is 3.52. The standard InChI is InChI=1S/C58H36O22/c59-37-27(38(60)46(68)33(45(37)67)29-31-35(49(71)53(75)41(29)63)51(73)57(79)55(77)43(31)65)23-14-24(22-12-11-20-19(9-7-16-8-10-21(23)26(22)25(16)20)18-6-5-15-3-1-2-4-17(15)13-18)28-39(61)47(69)34(48(70)40(28)62)30-32-36(50(72)54(76)42(30)64)52(74)58(80)56(78)44(32)66/h1-14,59-80H. The van der Waals surface area contributed by atoms with E-state index in [1.54, 1.807) is 18.2 Å². The molecule has 22 N–H and O–H groups in total. The van der Waals surface area contributed by atoms with E-state index >= 15 is 0 Å². The van der Waals surface area contributed by atoms with Gasteiger partial charge in [0.25, 0.3) is 0 Å². The zero-order valence-electron chi connectivity index (χ0n) is 39.9. The van der Waals surface area contributed by atoms with Gasteiger partial charge in [0.2, 0.25) is 34.5 Å². The first kappa shape index (κ1) is 49.0. The van der Waals surface area contributed by atoms with Crippen molar-refractivity contribution in [2.24, 2.45) is 0 Å². The summed E-state index contributed by atoms with van der Waals surface area (Å²) in [7, 11) is 0. The lowest BCUT2D eigenvalue weighted by atomic mass is 9.82. The molecular formula is C58H36O22. The molecule has 0 unspecified atom stereocenters. The Morgan fingerprint density at radius 2 is 0.487 bits per heavy atom. The summed E-state index contributed by atoms with van der Waals surface area (Å²) in [6.07, 6.45) is 0. The molecule has 0 spiro atoms. The molecule has 0 aliphatic heterocycles. The van der Waals surface area contributed by atoms with Crippen molar-refractivity contribution in [2.45, 2.75) is 0 Å². The number of fused-ring (bicyclic) bond motifs is 3. The second-order valence-electron chi connectivity index (χ2n) is 18.8. The summed E-state index contributed by atoms with van der Waals surface area (Å²) in [6.45, 7) is 0. The zero-order valence-corrected chi connectivity index (χ0v) is 39.9. The number of hydrogen-bond acceptors (Lipinski definition) is 22. The van der Waals surface area contributed by atoms with E-state index in [1.165, 1.54) is 12.1 Å². The van der Waals surface area contributed by atoms with Gasteiger partial charge in [0.1, 0.15) is 0 Å². The van der Waals surface area contributed by atoms with Crippen LogP contribution in [0.3, 0.4) is 0 Å². The first-order valence-electron chi connectivity index (χ1n) is 23.3. The van der Waals surface area contributed by atoms with Gasteiger partial charge in [0, 0.05) is 21.9 Å². The van der Waals surface area contributed by atoms with Crippen LogP contribution in [-0.4, -0.2) is 112 Å². The molecule has 0 heterocycles. The van der Waals surface area contributed by atoms with Crippen LogP contribution < -0.4 is 0 Å².